The van der Waals surface area contributed by atoms with E-state index in [9.17, 15) is 9.00 Å². The zero-order valence-corrected chi connectivity index (χ0v) is 8.38. The molecule has 0 aromatic heterocycles. The lowest BCUT2D eigenvalue weighted by Gasteiger charge is -2.22. The molecule has 1 aliphatic heterocycles. The lowest BCUT2D eigenvalue weighted by molar-refractivity contribution is 0.0990. The van der Waals surface area contributed by atoms with Crippen molar-refractivity contribution >= 4 is 15.8 Å². The highest BCUT2D eigenvalue weighted by atomic mass is 32.2. The van der Waals surface area contributed by atoms with Crippen LogP contribution >= 0.6 is 0 Å². The maximum Gasteiger partial charge on any atom is 0.346 e. The van der Waals surface area contributed by atoms with E-state index in [0.29, 0.717) is 26.1 Å². The number of carbonyl (C=O) groups is 1. The highest BCUT2D eigenvalue weighted by Gasteiger charge is 2.22. The Labute approximate surface area is 77.8 Å². The highest BCUT2D eigenvalue weighted by Crippen LogP contribution is 2.16. The van der Waals surface area contributed by atoms with Gasteiger partial charge in [0.2, 0.25) is 0 Å². The molecule has 1 rings (SSSR count). The smallest absolute Gasteiger partial charge is 0.346 e. The first-order valence-electron chi connectivity index (χ1n) is 4.10. The summed E-state index contributed by atoms with van der Waals surface area (Å²) >= 11 is 0. The van der Waals surface area contributed by atoms with Crippen LogP contribution in [0.2, 0.25) is 0 Å². The van der Waals surface area contributed by atoms with Gasteiger partial charge in [0.25, 0.3) is 0 Å². The van der Waals surface area contributed by atoms with Crippen molar-refractivity contribution in [3.8, 4) is 0 Å². The van der Waals surface area contributed by atoms with E-state index in [0.717, 1.165) is 0 Å². The fourth-order valence-electron chi connectivity index (χ4n) is 1.37. The minimum absolute atomic E-state index is 0.0613. The first-order valence-corrected chi connectivity index (χ1v) is 6.09. The van der Waals surface area contributed by atoms with Crippen molar-refractivity contribution in [2.75, 3.05) is 19.5 Å². The standard InChI is InChI=1S/C7H14N2O3S/c1-13(11,9-7(8)10)6-2-4-12-5-3-6/h6H,2-5H2,1H3,(H2,8,10). The molecular weight excluding hydrogens is 192 g/mol. The Bertz CT molecular complexity index is 301. The van der Waals surface area contributed by atoms with E-state index in [1.807, 2.05) is 0 Å². The van der Waals surface area contributed by atoms with Crippen molar-refractivity contribution in [3.05, 3.63) is 0 Å². The zero-order valence-electron chi connectivity index (χ0n) is 7.56. The van der Waals surface area contributed by atoms with Crippen LogP contribution in [0.3, 0.4) is 0 Å². The molecule has 13 heavy (non-hydrogen) atoms. The van der Waals surface area contributed by atoms with Crippen molar-refractivity contribution < 1.29 is 13.7 Å². The molecule has 2 amide bonds. The van der Waals surface area contributed by atoms with E-state index in [1.54, 1.807) is 0 Å². The number of nitrogens with two attached hydrogens (primary N) is 1. The Morgan fingerprint density at radius 2 is 2.08 bits per heavy atom. The van der Waals surface area contributed by atoms with Crippen molar-refractivity contribution in [3.63, 3.8) is 0 Å². The average molecular weight is 206 g/mol. The largest absolute Gasteiger partial charge is 0.381 e. The van der Waals surface area contributed by atoms with Crippen LogP contribution < -0.4 is 5.73 Å². The SMILES string of the molecule is CS(=O)(=NC(N)=O)C1CCOCC1. The molecule has 0 saturated carbocycles. The fraction of sp³-hybridized carbons (Fsp3) is 0.857. The van der Waals surface area contributed by atoms with Crippen LogP contribution in [0.25, 0.3) is 0 Å². The molecular formula is C7H14N2O3S. The van der Waals surface area contributed by atoms with Gasteiger partial charge in [-0.25, -0.2) is 9.00 Å². The molecule has 1 aliphatic rings. The molecule has 1 unspecified atom stereocenters. The topological polar surface area (TPSA) is 81.8 Å². The Kier molecular flexibility index (Phi) is 3.27. The Morgan fingerprint density at radius 1 is 1.54 bits per heavy atom. The molecule has 5 nitrogen and oxygen atoms in total. The number of urea groups is 1. The van der Waals surface area contributed by atoms with Crippen LogP contribution in [0.5, 0.6) is 0 Å². The second-order valence-corrected chi connectivity index (χ2v) is 5.67. The van der Waals surface area contributed by atoms with E-state index < -0.39 is 15.8 Å². The Balaban J connectivity index is 2.78. The summed E-state index contributed by atoms with van der Waals surface area (Å²) in [6, 6.07) is -0.848. The summed E-state index contributed by atoms with van der Waals surface area (Å²) in [4.78, 5) is 10.5. The average Bonchev–Trinajstić information content (AvgIpc) is 2.04. The predicted molar refractivity (Wildman–Crippen MR) is 49.9 cm³/mol. The summed E-state index contributed by atoms with van der Waals surface area (Å²) in [5.74, 6) is 0. The number of carbonyl (C=O) groups excluding carboxylic acids is 1. The van der Waals surface area contributed by atoms with E-state index in [4.69, 9.17) is 10.5 Å². The van der Waals surface area contributed by atoms with Gasteiger partial charge in [-0.1, -0.05) is 0 Å². The third kappa shape index (κ3) is 2.96. The van der Waals surface area contributed by atoms with E-state index in [2.05, 4.69) is 4.36 Å². The molecule has 1 saturated heterocycles. The maximum atomic E-state index is 11.8. The third-order valence-corrected chi connectivity index (χ3v) is 4.31. The second-order valence-electron chi connectivity index (χ2n) is 3.10. The second kappa shape index (κ2) is 4.06. The number of primary amides is 1. The molecule has 1 atom stereocenters. The molecule has 2 N–H and O–H groups in total. The van der Waals surface area contributed by atoms with Gasteiger partial charge in [-0.15, -0.1) is 4.36 Å². The monoisotopic (exact) mass is 206 g/mol. The number of hydrogen-bond donors (Lipinski definition) is 1. The van der Waals surface area contributed by atoms with E-state index in [-0.39, 0.29) is 5.25 Å². The summed E-state index contributed by atoms with van der Waals surface area (Å²) in [6.45, 7) is 1.17. The first kappa shape index (κ1) is 10.5. The van der Waals surface area contributed by atoms with Gasteiger partial charge in [0.05, 0.1) is 9.73 Å². The van der Waals surface area contributed by atoms with Crippen molar-refractivity contribution in [2.45, 2.75) is 18.1 Å². The molecule has 1 fully saturated rings. The number of hydrogen-bond acceptors (Lipinski definition) is 3. The van der Waals surface area contributed by atoms with Crippen LogP contribution in [0.15, 0.2) is 4.36 Å². The number of ether oxygens (including phenoxy) is 1. The van der Waals surface area contributed by atoms with Crippen LogP contribution in [-0.4, -0.2) is 35.0 Å². The lowest BCUT2D eigenvalue weighted by atomic mass is 10.2. The van der Waals surface area contributed by atoms with Crippen molar-refractivity contribution in [1.29, 1.82) is 0 Å². The minimum atomic E-state index is -2.46. The van der Waals surface area contributed by atoms with Gasteiger partial charge in [-0.05, 0) is 12.8 Å². The maximum absolute atomic E-state index is 11.8. The number of amides is 2. The number of rotatable bonds is 1. The molecule has 0 spiro atoms. The Hall–Kier alpha value is -0.620. The van der Waals surface area contributed by atoms with Gasteiger partial charge in [0, 0.05) is 24.7 Å². The molecule has 0 aromatic carbocycles. The number of nitrogens with zero attached hydrogens (tertiary/aromatic N) is 1. The molecule has 76 valence electrons. The zero-order chi connectivity index (χ0) is 9.90. The minimum Gasteiger partial charge on any atom is -0.381 e. The predicted octanol–water partition coefficient (Wildman–Crippen LogP) is 0.342. The van der Waals surface area contributed by atoms with E-state index >= 15 is 0 Å². The van der Waals surface area contributed by atoms with Gasteiger partial charge in [0.15, 0.2) is 0 Å². The third-order valence-electron chi connectivity index (χ3n) is 2.06. The molecule has 0 aromatic rings. The van der Waals surface area contributed by atoms with Gasteiger partial charge < -0.3 is 10.5 Å². The summed E-state index contributed by atoms with van der Waals surface area (Å²) in [5, 5.41) is -0.0613. The van der Waals surface area contributed by atoms with E-state index in [1.165, 1.54) is 6.26 Å². The van der Waals surface area contributed by atoms with Gasteiger partial charge in [0.1, 0.15) is 0 Å². The van der Waals surface area contributed by atoms with Crippen molar-refractivity contribution in [1.82, 2.24) is 0 Å². The molecule has 6 heteroatoms. The molecule has 0 bridgehead atoms. The summed E-state index contributed by atoms with van der Waals surface area (Å²) in [7, 11) is -2.46. The molecule has 0 aliphatic carbocycles. The van der Waals surface area contributed by atoms with Crippen LogP contribution in [0, 0.1) is 0 Å². The molecule has 0 radical (unpaired) electrons. The molecule has 1 heterocycles. The highest BCUT2D eigenvalue weighted by molar-refractivity contribution is 7.93. The van der Waals surface area contributed by atoms with Gasteiger partial charge >= 0.3 is 6.03 Å². The summed E-state index contributed by atoms with van der Waals surface area (Å²) < 4.78 is 20.4. The Morgan fingerprint density at radius 3 is 2.54 bits per heavy atom. The van der Waals surface area contributed by atoms with Crippen LogP contribution in [0.4, 0.5) is 4.79 Å². The van der Waals surface area contributed by atoms with Crippen LogP contribution in [0.1, 0.15) is 12.8 Å². The van der Waals surface area contributed by atoms with Gasteiger partial charge in [-0.3, -0.25) is 0 Å². The first-order chi connectivity index (χ1) is 6.02. The van der Waals surface area contributed by atoms with Crippen molar-refractivity contribution in [2.24, 2.45) is 10.1 Å². The van der Waals surface area contributed by atoms with Crippen LogP contribution in [-0.2, 0) is 14.5 Å². The summed E-state index contributed by atoms with van der Waals surface area (Å²) in [5.41, 5.74) is 4.87. The van der Waals surface area contributed by atoms with Gasteiger partial charge in [-0.2, -0.15) is 0 Å². The fourth-order valence-corrected chi connectivity index (χ4v) is 2.94. The lowest BCUT2D eigenvalue weighted by Crippen LogP contribution is -2.29. The quantitative estimate of drug-likeness (QED) is 0.671. The summed E-state index contributed by atoms with van der Waals surface area (Å²) in [6.07, 6.45) is 2.85. The normalized spacial score (nSPS) is 23.5.